The normalized spacial score (nSPS) is 19.6. The summed E-state index contributed by atoms with van der Waals surface area (Å²) in [5.74, 6) is 0.698. The molecule has 108 valence electrons. The van der Waals surface area contributed by atoms with Crippen molar-refractivity contribution in [3.63, 3.8) is 0 Å². The Morgan fingerprint density at radius 2 is 2.00 bits per heavy atom. The van der Waals surface area contributed by atoms with Crippen molar-refractivity contribution in [1.82, 2.24) is 4.90 Å². The molecule has 3 rings (SSSR count). The lowest BCUT2D eigenvalue weighted by molar-refractivity contribution is -0.121. The van der Waals surface area contributed by atoms with Crippen molar-refractivity contribution in [3.05, 3.63) is 23.2 Å². The predicted octanol–water partition coefficient (Wildman–Crippen LogP) is 1.40. The van der Waals surface area contributed by atoms with E-state index < -0.39 is 0 Å². The van der Waals surface area contributed by atoms with Gasteiger partial charge in [0.1, 0.15) is 5.75 Å². The van der Waals surface area contributed by atoms with Crippen molar-refractivity contribution in [2.24, 2.45) is 0 Å². The van der Waals surface area contributed by atoms with Gasteiger partial charge in [0.15, 0.2) is 6.61 Å². The zero-order valence-electron chi connectivity index (χ0n) is 11.2. The van der Waals surface area contributed by atoms with Crippen LogP contribution in [0.15, 0.2) is 18.2 Å². The van der Waals surface area contributed by atoms with E-state index in [4.69, 9.17) is 21.1 Å². The van der Waals surface area contributed by atoms with E-state index in [1.807, 2.05) is 6.07 Å². The first-order valence-electron chi connectivity index (χ1n) is 6.77. The van der Waals surface area contributed by atoms with Crippen LogP contribution in [0.25, 0.3) is 0 Å². The molecule has 2 aliphatic heterocycles. The third-order valence-corrected chi connectivity index (χ3v) is 3.84. The van der Waals surface area contributed by atoms with E-state index in [-0.39, 0.29) is 12.5 Å². The van der Waals surface area contributed by atoms with E-state index in [9.17, 15) is 4.79 Å². The van der Waals surface area contributed by atoms with E-state index >= 15 is 0 Å². The molecule has 20 heavy (non-hydrogen) atoms. The molecule has 1 amide bonds. The van der Waals surface area contributed by atoms with Gasteiger partial charge in [0.25, 0.3) is 5.91 Å². The number of hydrogen-bond donors (Lipinski definition) is 0. The van der Waals surface area contributed by atoms with Gasteiger partial charge in [-0.1, -0.05) is 11.6 Å². The number of rotatable bonds is 3. The van der Waals surface area contributed by atoms with Crippen molar-refractivity contribution in [2.45, 2.75) is 0 Å². The minimum Gasteiger partial charge on any atom is -0.482 e. The summed E-state index contributed by atoms with van der Waals surface area (Å²) in [6.45, 7) is 4.94. The fourth-order valence-corrected chi connectivity index (χ4v) is 2.65. The van der Waals surface area contributed by atoms with E-state index in [0.29, 0.717) is 11.6 Å². The van der Waals surface area contributed by atoms with Crippen molar-refractivity contribution in [2.75, 3.05) is 50.9 Å². The third-order valence-electron chi connectivity index (χ3n) is 3.61. The molecule has 1 aromatic rings. The molecule has 0 spiro atoms. The molecule has 0 aromatic heterocycles. The first-order chi connectivity index (χ1) is 9.74. The Bertz CT molecular complexity index is 503. The number of nitrogens with zero attached hydrogens (tertiary/aromatic N) is 2. The maximum absolute atomic E-state index is 12.1. The van der Waals surface area contributed by atoms with E-state index in [2.05, 4.69) is 4.90 Å². The largest absolute Gasteiger partial charge is 0.482 e. The van der Waals surface area contributed by atoms with Gasteiger partial charge >= 0.3 is 0 Å². The number of benzene rings is 1. The van der Waals surface area contributed by atoms with Crippen molar-refractivity contribution >= 4 is 23.2 Å². The topological polar surface area (TPSA) is 42.0 Å². The fraction of sp³-hybridized carbons (Fsp3) is 0.500. The molecular formula is C14H17ClN2O3. The molecule has 6 heteroatoms. The van der Waals surface area contributed by atoms with E-state index in [1.165, 1.54) is 0 Å². The van der Waals surface area contributed by atoms with Crippen LogP contribution in [0.1, 0.15) is 0 Å². The number of anilines is 1. The number of fused-ring (bicyclic) bond motifs is 1. The molecular weight excluding hydrogens is 280 g/mol. The Morgan fingerprint density at radius 1 is 1.20 bits per heavy atom. The van der Waals surface area contributed by atoms with Gasteiger partial charge < -0.3 is 14.4 Å². The molecule has 1 aromatic carbocycles. The first-order valence-corrected chi connectivity index (χ1v) is 7.14. The smallest absolute Gasteiger partial charge is 0.265 e. The fourth-order valence-electron chi connectivity index (χ4n) is 2.49. The van der Waals surface area contributed by atoms with Crippen LogP contribution < -0.4 is 9.64 Å². The highest BCUT2D eigenvalue weighted by Gasteiger charge is 2.26. The summed E-state index contributed by atoms with van der Waals surface area (Å²) in [7, 11) is 0. The molecule has 2 aliphatic rings. The van der Waals surface area contributed by atoms with Gasteiger partial charge in [-0.05, 0) is 18.2 Å². The number of ether oxygens (including phenoxy) is 2. The molecule has 0 N–H and O–H groups in total. The zero-order valence-corrected chi connectivity index (χ0v) is 11.9. The van der Waals surface area contributed by atoms with Crippen molar-refractivity contribution < 1.29 is 14.3 Å². The zero-order chi connectivity index (χ0) is 13.9. The summed E-state index contributed by atoms with van der Waals surface area (Å²) in [5, 5.41) is 0.610. The molecule has 0 atom stereocenters. The summed E-state index contributed by atoms with van der Waals surface area (Å²) in [5.41, 5.74) is 0.766. The number of halogens is 1. The average Bonchev–Trinajstić information content (AvgIpc) is 2.47. The Balaban J connectivity index is 1.71. The minimum atomic E-state index is -0.0203. The maximum Gasteiger partial charge on any atom is 0.265 e. The van der Waals surface area contributed by atoms with Gasteiger partial charge in [-0.15, -0.1) is 0 Å². The van der Waals surface area contributed by atoms with Gasteiger partial charge in [-0.2, -0.15) is 0 Å². The number of amides is 1. The van der Waals surface area contributed by atoms with Crippen molar-refractivity contribution in [3.8, 4) is 5.75 Å². The van der Waals surface area contributed by atoms with Gasteiger partial charge in [0, 0.05) is 31.2 Å². The molecule has 0 unspecified atom stereocenters. The Labute approximate surface area is 123 Å². The Kier molecular flexibility index (Phi) is 4.10. The van der Waals surface area contributed by atoms with Crippen LogP contribution >= 0.6 is 11.6 Å². The van der Waals surface area contributed by atoms with Crippen LogP contribution in [0.4, 0.5) is 5.69 Å². The van der Waals surface area contributed by atoms with Crippen molar-refractivity contribution in [1.29, 1.82) is 0 Å². The van der Waals surface area contributed by atoms with Gasteiger partial charge in [0.05, 0.1) is 18.9 Å². The molecule has 0 bridgehead atoms. The maximum atomic E-state index is 12.1. The summed E-state index contributed by atoms with van der Waals surface area (Å²) >= 11 is 6.02. The summed E-state index contributed by atoms with van der Waals surface area (Å²) in [6.07, 6.45) is 0. The quantitative estimate of drug-likeness (QED) is 0.845. The summed E-state index contributed by atoms with van der Waals surface area (Å²) in [4.78, 5) is 16.1. The Hall–Kier alpha value is -1.30. The Morgan fingerprint density at radius 3 is 2.80 bits per heavy atom. The second kappa shape index (κ2) is 5.99. The molecule has 1 saturated heterocycles. The number of morpholine rings is 1. The van der Waals surface area contributed by atoms with Gasteiger partial charge in [-0.25, -0.2) is 0 Å². The lowest BCUT2D eigenvalue weighted by Crippen LogP contribution is -2.45. The van der Waals surface area contributed by atoms with Crippen LogP contribution in [0, 0.1) is 0 Å². The molecule has 1 fully saturated rings. The number of carbonyl (C=O) groups excluding carboxylic acids is 1. The molecule has 0 radical (unpaired) electrons. The predicted molar refractivity (Wildman–Crippen MR) is 76.6 cm³/mol. The van der Waals surface area contributed by atoms with Gasteiger partial charge in [-0.3, -0.25) is 9.69 Å². The number of hydrogen-bond acceptors (Lipinski definition) is 4. The number of carbonyl (C=O) groups is 1. The third kappa shape index (κ3) is 2.90. The van der Waals surface area contributed by atoms with Gasteiger partial charge in [0.2, 0.25) is 0 Å². The van der Waals surface area contributed by atoms with Crippen LogP contribution in [0.2, 0.25) is 5.02 Å². The lowest BCUT2D eigenvalue weighted by Gasteiger charge is -2.33. The second-order valence-electron chi connectivity index (χ2n) is 4.90. The second-order valence-corrected chi connectivity index (χ2v) is 5.34. The highest BCUT2D eigenvalue weighted by molar-refractivity contribution is 6.31. The summed E-state index contributed by atoms with van der Waals surface area (Å²) in [6, 6.07) is 5.37. The molecule has 0 aliphatic carbocycles. The first kappa shape index (κ1) is 13.7. The van der Waals surface area contributed by atoms with E-state index in [0.717, 1.165) is 44.3 Å². The van der Waals surface area contributed by atoms with Crippen LogP contribution in [-0.2, 0) is 9.53 Å². The average molecular weight is 297 g/mol. The summed E-state index contributed by atoms with van der Waals surface area (Å²) < 4.78 is 10.8. The van der Waals surface area contributed by atoms with Crippen LogP contribution in [0.5, 0.6) is 5.75 Å². The standard InChI is InChI=1S/C14H17ClN2O3/c15-11-1-2-13-12(9-11)17(14(18)10-20-13)4-3-16-5-7-19-8-6-16/h1-2,9H,3-8,10H2. The molecule has 0 saturated carbocycles. The highest BCUT2D eigenvalue weighted by Crippen LogP contribution is 2.34. The minimum absolute atomic E-state index is 0.0203. The van der Waals surface area contributed by atoms with Crippen LogP contribution in [0.3, 0.4) is 0 Å². The molecule has 2 heterocycles. The van der Waals surface area contributed by atoms with E-state index in [1.54, 1.807) is 17.0 Å². The SMILES string of the molecule is O=C1COc2ccc(Cl)cc2N1CCN1CCOCC1. The monoisotopic (exact) mass is 296 g/mol. The lowest BCUT2D eigenvalue weighted by atomic mass is 10.2. The highest BCUT2D eigenvalue weighted by atomic mass is 35.5. The molecule has 5 nitrogen and oxygen atoms in total. The van der Waals surface area contributed by atoms with Crippen LogP contribution in [-0.4, -0.2) is 56.8 Å².